The molecule has 5 nitrogen and oxygen atoms in total. The summed E-state index contributed by atoms with van der Waals surface area (Å²) in [5.41, 5.74) is 0.887. The monoisotopic (exact) mass is 354 g/mol. The quantitative estimate of drug-likeness (QED) is 0.715. The number of pyridine rings is 1. The van der Waals surface area contributed by atoms with Gasteiger partial charge in [0.05, 0.1) is 18.4 Å². The van der Waals surface area contributed by atoms with Gasteiger partial charge in [-0.05, 0) is 42.5 Å². The molecule has 0 unspecified atom stereocenters. The first kappa shape index (κ1) is 16.8. The van der Waals surface area contributed by atoms with Gasteiger partial charge in [0, 0.05) is 17.4 Å². The average molecular weight is 355 g/mol. The molecule has 0 atom stereocenters. The normalized spacial score (nSPS) is 10.2. The van der Waals surface area contributed by atoms with Crippen molar-refractivity contribution in [1.82, 2.24) is 4.98 Å². The van der Waals surface area contributed by atoms with Crippen molar-refractivity contribution in [2.45, 2.75) is 0 Å². The standard InChI is InChI=1S/C19H15ClN2O3/c1-24-17-6-2-3-7-18(17)25-16-9-8-14(20)11-15(16)22-19(23)13-5-4-10-21-12-13/h2-12H,1H3,(H,22,23). The molecular formula is C19H15ClN2O3. The van der Waals surface area contributed by atoms with Crippen molar-refractivity contribution in [3.8, 4) is 17.2 Å². The molecule has 0 fully saturated rings. The van der Waals surface area contributed by atoms with Crippen LogP contribution in [0.25, 0.3) is 0 Å². The number of aromatic nitrogens is 1. The van der Waals surface area contributed by atoms with Crippen LogP contribution in [0.3, 0.4) is 0 Å². The highest BCUT2D eigenvalue weighted by molar-refractivity contribution is 6.31. The maximum absolute atomic E-state index is 12.4. The molecule has 1 N–H and O–H groups in total. The van der Waals surface area contributed by atoms with Crippen LogP contribution in [0.4, 0.5) is 5.69 Å². The summed E-state index contributed by atoms with van der Waals surface area (Å²) >= 11 is 6.06. The average Bonchev–Trinajstić information content (AvgIpc) is 2.65. The van der Waals surface area contributed by atoms with Crippen LogP contribution in [0.1, 0.15) is 10.4 Å². The lowest BCUT2D eigenvalue weighted by Crippen LogP contribution is -2.12. The summed E-state index contributed by atoms with van der Waals surface area (Å²) in [4.78, 5) is 16.3. The van der Waals surface area contributed by atoms with E-state index in [2.05, 4.69) is 10.3 Å². The van der Waals surface area contributed by atoms with Gasteiger partial charge in [-0.25, -0.2) is 0 Å². The number of amides is 1. The van der Waals surface area contributed by atoms with Gasteiger partial charge in [-0.2, -0.15) is 0 Å². The Bertz CT molecular complexity index is 885. The fraction of sp³-hybridized carbons (Fsp3) is 0.0526. The summed E-state index contributed by atoms with van der Waals surface area (Å²) in [5.74, 6) is 1.26. The number of halogens is 1. The molecule has 0 saturated heterocycles. The molecule has 0 aliphatic heterocycles. The molecule has 0 saturated carbocycles. The Hall–Kier alpha value is -3.05. The van der Waals surface area contributed by atoms with Crippen molar-refractivity contribution in [3.63, 3.8) is 0 Å². The maximum atomic E-state index is 12.4. The summed E-state index contributed by atoms with van der Waals surface area (Å²) in [7, 11) is 1.56. The Morgan fingerprint density at radius 3 is 2.56 bits per heavy atom. The predicted molar refractivity (Wildman–Crippen MR) is 96.7 cm³/mol. The zero-order valence-corrected chi connectivity index (χ0v) is 14.2. The van der Waals surface area contributed by atoms with Gasteiger partial charge >= 0.3 is 0 Å². The molecule has 25 heavy (non-hydrogen) atoms. The second-order valence-corrected chi connectivity index (χ2v) is 5.53. The highest BCUT2D eigenvalue weighted by Gasteiger charge is 2.13. The zero-order chi connectivity index (χ0) is 17.6. The van der Waals surface area contributed by atoms with Crippen molar-refractivity contribution in [2.75, 3.05) is 12.4 Å². The van der Waals surface area contributed by atoms with Crippen molar-refractivity contribution in [2.24, 2.45) is 0 Å². The molecule has 0 aliphatic rings. The molecule has 0 radical (unpaired) electrons. The van der Waals surface area contributed by atoms with Gasteiger partial charge in [-0.15, -0.1) is 0 Å². The number of anilines is 1. The van der Waals surface area contributed by atoms with Crippen molar-refractivity contribution >= 4 is 23.2 Å². The van der Waals surface area contributed by atoms with Crippen molar-refractivity contribution < 1.29 is 14.3 Å². The summed E-state index contributed by atoms with van der Waals surface area (Å²) in [6.07, 6.45) is 3.09. The maximum Gasteiger partial charge on any atom is 0.257 e. The van der Waals surface area contributed by atoms with Gasteiger partial charge in [-0.1, -0.05) is 23.7 Å². The van der Waals surface area contributed by atoms with Crippen LogP contribution in [0, 0.1) is 0 Å². The molecule has 0 bridgehead atoms. The van der Waals surface area contributed by atoms with Crippen LogP contribution >= 0.6 is 11.6 Å². The van der Waals surface area contributed by atoms with Crippen LogP contribution in [-0.2, 0) is 0 Å². The van der Waals surface area contributed by atoms with E-state index in [4.69, 9.17) is 21.1 Å². The predicted octanol–water partition coefficient (Wildman–Crippen LogP) is 4.79. The summed E-state index contributed by atoms with van der Waals surface area (Å²) in [5, 5.41) is 3.28. The number of carbonyl (C=O) groups excluding carboxylic acids is 1. The van der Waals surface area contributed by atoms with Crippen LogP contribution in [0.15, 0.2) is 67.0 Å². The molecule has 1 amide bonds. The Labute approximate surface area is 150 Å². The van der Waals surface area contributed by atoms with E-state index < -0.39 is 0 Å². The number of benzene rings is 2. The molecule has 3 aromatic rings. The minimum Gasteiger partial charge on any atom is -0.493 e. The number of nitrogens with zero attached hydrogens (tertiary/aromatic N) is 1. The van der Waals surface area contributed by atoms with E-state index in [-0.39, 0.29) is 5.91 Å². The minimum absolute atomic E-state index is 0.305. The van der Waals surface area contributed by atoms with Crippen molar-refractivity contribution in [3.05, 3.63) is 77.6 Å². The summed E-state index contributed by atoms with van der Waals surface area (Å²) in [6, 6.07) is 15.6. The Kier molecular flexibility index (Phi) is 5.16. The van der Waals surface area contributed by atoms with E-state index in [1.165, 1.54) is 6.20 Å². The smallest absolute Gasteiger partial charge is 0.257 e. The Balaban J connectivity index is 1.89. The third-order valence-corrected chi connectivity index (χ3v) is 3.64. The molecule has 3 rings (SSSR count). The molecule has 126 valence electrons. The number of ether oxygens (including phenoxy) is 2. The molecular weight excluding hydrogens is 340 g/mol. The number of methoxy groups -OCH3 is 1. The number of hydrogen-bond donors (Lipinski definition) is 1. The van der Waals surface area contributed by atoms with Gasteiger partial charge in [0.15, 0.2) is 17.2 Å². The molecule has 1 heterocycles. The van der Waals surface area contributed by atoms with Crippen LogP contribution in [0.5, 0.6) is 17.2 Å². The van der Waals surface area contributed by atoms with E-state index in [0.29, 0.717) is 33.5 Å². The van der Waals surface area contributed by atoms with E-state index in [9.17, 15) is 4.79 Å². The lowest BCUT2D eigenvalue weighted by Gasteiger charge is -2.14. The van der Waals surface area contributed by atoms with E-state index in [1.54, 1.807) is 55.8 Å². The van der Waals surface area contributed by atoms with Gasteiger partial charge in [0.25, 0.3) is 5.91 Å². The van der Waals surface area contributed by atoms with Crippen LogP contribution in [0.2, 0.25) is 5.02 Å². The molecule has 6 heteroatoms. The fourth-order valence-corrected chi connectivity index (χ4v) is 2.37. The number of para-hydroxylation sites is 2. The molecule has 0 aliphatic carbocycles. The first-order valence-electron chi connectivity index (χ1n) is 7.49. The number of hydrogen-bond acceptors (Lipinski definition) is 4. The number of rotatable bonds is 5. The van der Waals surface area contributed by atoms with Crippen molar-refractivity contribution in [1.29, 1.82) is 0 Å². The number of nitrogens with one attached hydrogen (secondary N) is 1. The first-order valence-corrected chi connectivity index (χ1v) is 7.87. The van der Waals surface area contributed by atoms with Gasteiger partial charge in [0.1, 0.15) is 0 Å². The topological polar surface area (TPSA) is 60.5 Å². The molecule has 2 aromatic carbocycles. The number of carbonyl (C=O) groups is 1. The summed E-state index contributed by atoms with van der Waals surface area (Å²) in [6.45, 7) is 0. The van der Waals surface area contributed by atoms with Crippen LogP contribution in [-0.4, -0.2) is 18.0 Å². The second-order valence-electron chi connectivity index (χ2n) is 5.09. The zero-order valence-electron chi connectivity index (χ0n) is 13.4. The highest BCUT2D eigenvalue weighted by atomic mass is 35.5. The van der Waals surface area contributed by atoms with E-state index >= 15 is 0 Å². The SMILES string of the molecule is COc1ccccc1Oc1ccc(Cl)cc1NC(=O)c1cccnc1. The van der Waals surface area contributed by atoms with Gasteiger partial charge in [-0.3, -0.25) is 9.78 Å². The van der Waals surface area contributed by atoms with E-state index in [1.807, 2.05) is 12.1 Å². The first-order chi connectivity index (χ1) is 12.2. The Morgan fingerprint density at radius 2 is 1.84 bits per heavy atom. The second kappa shape index (κ2) is 7.68. The fourth-order valence-electron chi connectivity index (χ4n) is 2.20. The third kappa shape index (κ3) is 4.08. The summed E-state index contributed by atoms with van der Waals surface area (Å²) < 4.78 is 11.2. The van der Waals surface area contributed by atoms with Crippen LogP contribution < -0.4 is 14.8 Å². The van der Waals surface area contributed by atoms with E-state index in [0.717, 1.165) is 0 Å². The highest BCUT2D eigenvalue weighted by Crippen LogP contribution is 2.36. The van der Waals surface area contributed by atoms with Gasteiger partial charge in [0.2, 0.25) is 0 Å². The lowest BCUT2D eigenvalue weighted by atomic mass is 10.2. The third-order valence-electron chi connectivity index (χ3n) is 3.40. The Morgan fingerprint density at radius 1 is 1.04 bits per heavy atom. The molecule has 0 spiro atoms. The molecule has 1 aromatic heterocycles. The lowest BCUT2D eigenvalue weighted by molar-refractivity contribution is 0.102. The minimum atomic E-state index is -0.305. The largest absolute Gasteiger partial charge is 0.493 e. The van der Waals surface area contributed by atoms with Gasteiger partial charge < -0.3 is 14.8 Å².